The average molecular weight is 464 g/mol. The van der Waals surface area contributed by atoms with Crippen LogP contribution in [-0.2, 0) is 5.41 Å². The highest BCUT2D eigenvalue weighted by molar-refractivity contribution is 9.10. The van der Waals surface area contributed by atoms with Crippen LogP contribution in [0, 0.1) is 0 Å². The second kappa shape index (κ2) is 8.22. The van der Waals surface area contributed by atoms with Gasteiger partial charge in [0.05, 0.1) is 0 Å². The zero-order chi connectivity index (χ0) is 20.3. The van der Waals surface area contributed by atoms with E-state index in [9.17, 15) is 0 Å². The van der Waals surface area contributed by atoms with E-state index in [0.29, 0.717) is 5.56 Å². The summed E-state index contributed by atoms with van der Waals surface area (Å²) in [6.07, 6.45) is 0. The predicted octanol–water partition coefficient (Wildman–Crippen LogP) is 6.59. The van der Waals surface area contributed by atoms with Crippen molar-refractivity contribution < 1.29 is 4.39 Å². The summed E-state index contributed by atoms with van der Waals surface area (Å²) in [6, 6.07) is 38.1. The van der Waals surface area contributed by atoms with Gasteiger partial charge in [0.2, 0.25) is 0 Å². The van der Waals surface area contributed by atoms with Gasteiger partial charge in [0.25, 0.3) is 5.41 Å². The number of rotatable bonds is 5. The first-order chi connectivity index (χ1) is 14.1. The second-order valence-corrected chi connectivity index (χ2v) is 11.8. The quantitative estimate of drug-likeness (QED) is 0.293. The Morgan fingerprint density at radius 3 is 1.28 bits per heavy atom. The summed E-state index contributed by atoms with van der Waals surface area (Å²) in [6.45, 7) is 1.75. The molecule has 0 amide bonds. The molecule has 4 rings (SSSR count). The molecule has 0 spiro atoms. The molecule has 144 valence electrons. The first-order valence-electron chi connectivity index (χ1n) is 9.58. The number of hydrogen-bond acceptors (Lipinski definition) is 0. The Bertz CT molecular complexity index is 965. The molecule has 0 nitrogen and oxygen atoms in total. The van der Waals surface area contributed by atoms with Crippen molar-refractivity contribution in [1.82, 2.24) is 0 Å². The fourth-order valence-electron chi connectivity index (χ4n) is 4.08. The minimum Gasteiger partial charge on any atom is -0.194 e. The molecule has 1 atom stereocenters. The standard InChI is InChI=1S/C26H22BrFP/c1-26(28,21-17-19-22(27)20-18-21)29(23-11-5-2-6-12-23,24-13-7-3-8-14-24)25-15-9-4-10-16-25/h2-20H,1H3/q+1. The van der Waals surface area contributed by atoms with E-state index < -0.39 is 12.7 Å². The molecule has 3 heteroatoms. The zero-order valence-electron chi connectivity index (χ0n) is 16.2. The molecule has 0 aromatic heterocycles. The molecule has 0 fully saturated rings. The highest BCUT2D eigenvalue weighted by atomic mass is 79.9. The van der Waals surface area contributed by atoms with Gasteiger partial charge in [-0.15, -0.1) is 0 Å². The Hall–Kier alpha value is -2.28. The monoisotopic (exact) mass is 463 g/mol. The highest BCUT2D eigenvalue weighted by Gasteiger charge is 2.62. The lowest BCUT2D eigenvalue weighted by atomic mass is 10.1. The van der Waals surface area contributed by atoms with Crippen LogP contribution in [0.15, 0.2) is 120 Å². The maximum atomic E-state index is 17.4. The molecule has 4 aromatic carbocycles. The van der Waals surface area contributed by atoms with E-state index in [2.05, 4.69) is 52.3 Å². The predicted molar refractivity (Wildman–Crippen MR) is 128 cm³/mol. The van der Waals surface area contributed by atoms with Crippen molar-refractivity contribution >= 4 is 39.1 Å². The van der Waals surface area contributed by atoms with Gasteiger partial charge in [-0.25, -0.2) is 0 Å². The molecule has 0 aliphatic heterocycles. The van der Waals surface area contributed by atoms with Crippen LogP contribution in [0.4, 0.5) is 4.39 Å². The van der Waals surface area contributed by atoms with Crippen molar-refractivity contribution in [2.45, 2.75) is 12.3 Å². The summed E-state index contributed by atoms with van der Waals surface area (Å²) in [5.41, 5.74) is 0.686. The lowest BCUT2D eigenvalue weighted by Crippen LogP contribution is -2.42. The molecule has 29 heavy (non-hydrogen) atoms. The topological polar surface area (TPSA) is 0 Å². The van der Waals surface area contributed by atoms with Crippen molar-refractivity contribution in [2.75, 3.05) is 0 Å². The number of benzene rings is 4. The first-order valence-corrected chi connectivity index (χ1v) is 12.2. The van der Waals surface area contributed by atoms with Crippen LogP contribution in [0.25, 0.3) is 0 Å². The van der Waals surface area contributed by atoms with E-state index >= 15 is 4.39 Å². The van der Waals surface area contributed by atoms with Gasteiger partial charge < -0.3 is 0 Å². The Morgan fingerprint density at radius 2 is 0.931 bits per heavy atom. The number of halogens is 2. The molecule has 0 N–H and O–H groups in total. The minimum atomic E-state index is -2.68. The van der Waals surface area contributed by atoms with Crippen LogP contribution in [0.3, 0.4) is 0 Å². The van der Waals surface area contributed by atoms with Gasteiger partial charge >= 0.3 is 0 Å². The Kier molecular flexibility index (Phi) is 5.67. The largest absolute Gasteiger partial charge is 0.251 e. The van der Waals surface area contributed by atoms with E-state index in [0.717, 1.165) is 20.4 Å². The third kappa shape index (κ3) is 3.45. The van der Waals surface area contributed by atoms with Gasteiger partial charge in [-0.2, -0.15) is 4.39 Å². The fraction of sp³-hybridized carbons (Fsp3) is 0.0769. The molecule has 0 aliphatic rings. The second-order valence-electron chi connectivity index (χ2n) is 7.14. The SMILES string of the molecule is CC(F)(c1ccc(Br)cc1)[P+](c1ccccc1)(c1ccccc1)c1ccccc1. The van der Waals surface area contributed by atoms with Gasteiger partial charge in [0, 0.05) is 17.0 Å². The van der Waals surface area contributed by atoms with Crippen LogP contribution in [0.2, 0.25) is 0 Å². The molecule has 1 unspecified atom stereocenters. The fourth-order valence-corrected chi connectivity index (χ4v) is 9.08. The van der Waals surface area contributed by atoms with Crippen molar-refractivity contribution in [3.05, 3.63) is 125 Å². The first kappa shape index (κ1) is 20.0. The van der Waals surface area contributed by atoms with Crippen LogP contribution in [-0.4, -0.2) is 0 Å². The molecular weight excluding hydrogens is 442 g/mol. The average Bonchev–Trinajstić information content (AvgIpc) is 2.77. The third-order valence-corrected chi connectivity index (χ3v) is 10.7. The number of hydrogen-bond donors (Lipinski definition) is 0. The van der Waals surface area contributed by atoms with Gasteiger partial charge in [-0.05, 0) is 48.5 Å². The summed E-state index contributed by atoms with van der Waals surface area (Å²) >= 11 is 3.48. The van der Waals surface area contributed by atoms with E-state index in [1.54, 1.807) is 6.92 Å². The van der Waals surface area contributed by atoms with Crippen LogP contribution < -0.4 is 15.9 Å². The Labute approximate surface area is 180 Å². The highest BCUT2D eigenvalue weighted by Crippen LogP contribution is 2.70. The molecule has 0 saturated carbocycles. The summed E-state index contributed by atoms with van der Waals surface area (Å²) < 4.78 is 18.3. The van der Waals surface area contributed by atoms with E-state index in [-0.39, 0.29) is 0 Å². The molecule has 0 aliphatic carbocycles. The van der Waals surface area contributed by atoms with Crippen molar-refractivity contribution in [1.29, 1.82) is 0 Å². The zero-order valence-corrected chi connectivity index (χ0v) is 18.7. The van der Waals surface area contributed by atoms with Gasteiger partial charge in [-0.1, -0.05) is 82.7 Å². The third-order valence-electron chi connectivity index (χ3n) is 5.43. The smallest absolute Gasteiger partial charge is 0.194 e. The van der Waals surface area contributed by atoms with Crippen molar-refractivity contribution in [3.8, 4) is 0 Å². The number of alkyl halides is 1. The molecule has 4 aromatic rings. The summed E-state index contributed by atoms with van der Waals surface area (Å²) in [5.74, 6) is 0. The Balaban J connectivity index is 2.12. The van der Waals surface area contributed by atoms with Crippen LogP contribution >= 0.6 is 23.2 Å². The maximum Gasteiger partial charge on any atom is 0.251 e. The summed E-state index contributed by atoms with van der Waals surface area (Å²) in [4.78, 5) is 0. The van der Waals surface area contributed by atoms with E-state index in [4.69, 9.17) is 0 Å². The van der Waals surface area contributed by atoms with E-state index in [1.807, 2.05) is 78.9 Å². The molecular formula is C26H22BrFP+. The molecule has 0 saturated heterocycles. The molecule has 0 radical (unpaired) electrons. The van der Waals surface area contributed by atoms with Gasteiger partial charge in [0.15, 0.2) is 7.26 Å². The molecule has 0 heterocycles. The van der Waals surface area contributed by atoms with Crippen molar-refractivity contribution in [3.63, 3.8) is 0 Å². The lowest BCUT2D eigenvalue weighted by Gasteiger charge is -2.37. The molecule has 0 bridgehead atoms. The lowest BCUT2D eigenvalue weighted by molar-refractivity contribution is 0.315. The maximum absolute atomic E-state index is 17.4. The van der Waals surface area contributed by atoms with Crippen molar-refractivity contribution in [2.24, 2.45) is 0 Å². The summed E-state index contributed by atoms with van der Waals surface area (Å²) in [7, 11) is -2.68. The normalized spacial score (nSPS) is 13.6. The van der Waals surface area contributed by atoms with E-state index in [1.165, 1.54) is 0 Å². The Morgan fingerprint density at radius 1 is 0.586 bits per heavy atom. The van der Waals surface area contributed by atoms with Gasteiger partial charge in [0.1, 0.15) is 15.9 Å². The van der Waals surface area contributed by atoms with Crippen LogP contribution in [0.1, 0.15) is 12.5 Å². The summed E-state index contributed by atoms with van der Waals surface area (Å²) in [5, 5.41) is 1.50. The van der Waals surface area contributed by atoms with Crippen LogP contribution in [0.5, 0.6) is 0 Å². The van der Waals surface area contributed by atoms with Gasteiger partial charge in [-0.3, -0.25) is 0 Å². The minimum absolute atomic E-state index is 0.686.